The first-order chi connectivity index (χ1) is 12.4. The molecule has 1 aliphatic rings. The average molecular weight is 377 g/mol. The third-order valence-corrected chi connectivity index (χ3v) is 6.80. The number of likely N-dealkylation sites (tertiary alicyclic amines) is 1. The van der Waals surface area contributed by atoms with Crippen LogP contribution >= 0.6 is 0 Å². The number of sulfonamides is 1. The van der Waals surface area contributed by atoms with E-state index in [1.807, 2.05) is 6.07 Å². The first-order valence-electron chi connectivity index (χ1n) is 9.13. The molecule has 26 heavy (non-hydrogen) atoms. The Kier molecular flexibility index (Phi) is 5.79. The molecule has 1 aromatic carbocycles. The van der Waals surface area contributed by atoms with Crippen LogP contribution in [0, 0.1) is 19.8 Å². The fraction of sp³-hybridized carbons (Fsp3) is 0.526. The van der Waals surface area contributed by atoms with Gasteiger partial charge in [0, 0.05) is 26.7 Å². The van der Waals surface area contributed by atoms with Crippen molar-refractivity contribution in [1.82, 2.24) is 19.4 Å². The van der Waals surface area contributed by atoms with Gasteiger partial charge in [0.2, 0.25) is 10.0 Å². The zero-order chi connectivity index (χ0) is 18.7. The molecule has 0 unspecified atom stereocenters. The van der Waals surface area contributed by atoms with Crippen molar-refractivity contribution in [2.24, 2.45) is 13.0 Å². The Balaban J connectivity index is 1.60. The summed E-state index contributed by atoms with van der Waals surface area (Å²) >= 11 is 0. The van der Waals surface area contributed by atoms with Crippen LogP contribution in [0.25, 0.3) is 0 Å². The molecule has 1 aromatic heterocycles. The maximum absolute atomic E-state index is 12.7. The second-order valence-corrected chi connectivity index (χ2v) is 8.91. The largest absolute Gasteiger partial charge is 0.299 e. The van der Waals surface area contributed by atoms with Gasteiger partial charge in [0.25, 0.3) is 0 Å². The highest BCUT2D eigenvalue weighted by molar-refractivity contribution is 7.89. The molecule has 0 radical (unpaired) electrons. The van der Waals surface area contributed by atoms with E-state index in [9.17, 15) is 8.42 Å². The summed E-state index contributed by atoms with van der Waals surface area (Å²) in [7, 11) is -1.76. The van der Waals surface area contributed by atoms with E-state index in [-0.39, 0.29) is 0 Å². The van der Waals surface area contributed by atoms with Gasteiger partial charge >= 0.3 is 0 Å². The lowest BCUT2D eigenvalue weighted by Gasteiger charge is -2.32. The van der Waals surface area contributed by atoms with Crippen LogP contribution in [0.5, 0.6) is 0 Å². The number of hydrogen-bond acceptors (Lipinski definition) is 4. The minimum Gasteiger partial charge on any atom is -0.299 e. The molecular formula is C19H28N4O2S. The number of aryl methyl sites for hydroxylation is 2. The normalized spacial score (nSPS) is 19.0. The van der Waals surface area contributed by atoms with Crippen LogP contribution in [0.4, 0.5) is 0 Å². The van der Waals surface area contributed by atoms with Crippen molar-refractivity contribution in [3.63, 3.8) is 0 Å². The monoisotopic (exact) mass is 376 g/mol. The quantitative estimate of drug-likeness (QED) is 0.839. The number of hydrogen-bond donors (Lipinski definition) is 1. The molecule has 0 spiro atoms. The zero-order valence-corrected chi connectivity index (χ0v) is 16.6. The molecule has 6 nitrogen and oxygen atoms in total. The number of nitrogens with one attached hydrogen (secondary N) is 1. The van der Waals surface area contributed by atoms with E-state index < -0.39 is 10.0 Å². The van der Waals surface area contributed by atoms with Gasteiger partial charge < -0.3 is 0 Å². The Morgan fingerprint density at radius 2 is 1.96 bits per heavy atom. The van der Waals surface area contributed by atoms with Gasteiger partial charge in [0.1, 0.15) is 4.90 Å². The Hall–Kier alpha value is -1.70. The van der Waals surface area contributed by atoms with E-state index in [1.165, 1.54) is 5.56 Å². The summed E-state index contributed by atoms with van der Waals surface area (Å²) < 4.78 is 29.9. The van der Waals surface area contributed by atoms with Gasteiger partial charge in [0.05, 0.1) is 11.4 Å². The van der Waals surface area contributed by atoms with Crippen LogP contribution in [0.3, 0.4) is 0 Å². The lowest BCUT2D eigenvalue weighted by Crippen LogP contribution is -2.40. The minimum atomic E-state index is -3.53. The summed E-state index contributed by atoms with van der Waals surface area (Å²) in [6, 6.07) is 10.4. The van der Waals surface area contributed by atoms with Crippen molar-refractivity contribution in [1.29, 1.82) is 0 Å². The number of rotatable bonds is 6. The van der Waals surface area contributed by atoms with Crippen LogP contribution in [0.1, 0.15) is 29.8 Å². The molecule has 1 aliphatic heterocycles. The molecule has 0 bridgehead atoms. The molecule has 1 fully saturated rings. The molecule has 3 rings (SSSR count). The van der Waals surface area contributed by atoms with Crippen molar-refractivity contribution >= 4 is 10.0 Å². The van der Waals surface area contributed by atoms with E-state index in [2.05, 4.69) is 39.0 Å². The van der Waals surface area contributed by atoms with Crippen LogP contribution in [0.15, 0.2) is 35.2 Å². The van der Waals surface area contributed by atoms with Gasteiger partial charge in [-0.2, -0.15) is 5.10 Å². The Bertz CT molecular complexity index is 846. The van der Waals surface area contributed by atoms with E-state index in [0.29, 0.717) is 28.7 Å². The van der Waals surface area contributed by atoms with Crippen molar-refractivity contribution in [3.05, 3.63) is 47.3 Å². The van der Waals surface area contributed by atoms with Crippen LogP contribution in [-0.2, 0) is 23.6 Å². The third-order valence-electron chi connectivity index (χ3n) is 5.13. The zero-order valence-electron chi connectivity index (χ0n) is 15.8. The van der Waals surface area contributed by atoms with Crippen molar-refractivity contribution in [3.8, 4) is 0 Å². The van der Waals surface area contributed by atoms with Crippen molar-refractivity contribution in [2.75, 3.05) is 19.6 Å². The summed E-state index contributed by atoms with van der Waals surface area (Å²) in [5, 5.41) is 4.22. The summed E-state index contributed by atoms with van der Waals surface area (Å²) in [5.41, 5.74) is 2.52. The maximum Gasteiger partial charge on any atom is 0.244 e. The predicted octanol–water partition coefficient (Wildman–Crippen LogP) is 2.23. The number of piperidine rings is 1. The van der Waals surface area contributed by atoms with Crippen LogP contribution in [0.2, 0.25) is 0 Å². The second kappa shape index (κ2) is 7.90. The highest BCUT2D eigenvalue weighted by Gasteiger charge is 2.26. The Morgan fingerprint density at radius 1 is 1.23 bits per heavy atom. The van der Waals surface area contributed by atoms with E-state index in [0.717, 1.165) is 32.5 Å². The molecule has 1 N–H and O–H groups in total. The minimum absolute atomic E-state index is 0.317. The maximum atomic E-state index is 12.7. The summed E-state index contributed by atoms with van der Waals surface area (Å²) in [4.78, 5) is 2.73. The number of benzene rings is 1. The Labute approximate surface area is 156 Å². The molecule has 2 heterocycles. The highest BCUT2D eigenvalue weighted by Crippen LogP contribution is 2.21. The lowest BCUT2D eigenvalue weighted by molar-refractivity contribution is 0.169. The molecule has 2 aromatic rings. The van der Waals surface area contributed by atoms with Gasteiger partial charge in [-0.1, -0.05) is 30.3 Å². The Morgan fingerprint density at radius 3 is 2.62 bits per heavy atom. The molecule has 0 saturated carbocycles. The molecule has 0 aliphatic carbocycles. The number of nitrogens with zero attached hydrogens (tertiary/aromatic N) is 3. The third kappa shape index (κ3) is 4.34. The van der Waals surface area contributed by atoms with Gasteiger partial charge in [0.15, 0.2) is 0 Å². The van der Waals surface area contributed by atoms with Gasteiger partial charge in [-0.15, -0.1) is 0 Å². The van der Waals surface area contributed by atoms with E-state index in [4.69, 9.17) is 0 Å². The van der Waals surface area contributed by atoms with Crippen LogP contribution in [-0.4, -0.2) is 42.7 Å². The first kappa shape index (κ1) is 19.1. The van der Waals surface area contributed by atoms with Gasteiger partial charge in [-0.3, -0.25) is 9.58 Å². The molecule has 0 amide bonds. The second-order valence-electron chi connectivity index (χ2n) is 7.20. The van der Waals surface area contributed by atoms with E-state index in [1.54, 1.807) is 25.6 Å². The average Bonchev–Trinajstić information content (AvgIpc) is 2.87. The van der Waals surface area contributed by atoms with Gasteiger partial charge in [-0.05, 0) is 44.7 Å². The smallest absolute Gasteiger partial charge is 0.244 e. The van der Waals surface area contributed by atoms with Crippen molar-refractivity contribution in [2.45, 2.75) is 38.1 Å². The summed E-state index contributed by atoms with van der Waals surface area (Å²) in [6.45, 7) is 6.91. The topological polar surface area (TPSA) is 67.2 Å². The fourth-order valence-electron chi connectivity index (χ4n) is 3.75. The highest BCUT2D eigenvalue weighted by atomic mass is 32.2. The molecule has 7 heteroatoms. The predicted molar refractivity (Wildman–Crippen MR) is 102 cm³/mol. The van der Waals surface area contributed by atoms with Gasteiger partial charge in [-0.25, -0.2) is 13.1 Å². The molecule has 142 valence electrons. The van der Waals surface area contributed by atoms with E-state index >= 15 is 0 Å². The summed E-state index contributed by atoms with van der Waals surface area (Å²) in [5.74, 6) is 0.333. The van der Waals surface area contributed by atoms with Crippen LogP contribution < -0.4 is 4.72 Å². The first-order valence-corrected chi connectivity index (χ1v) is 10.6. The van der Waals surface area contributed by atoms with Crippen molar-refractivity contribution < 1.29 is 8.42 Å². The lowest BCUT2D eigenvalue weighted by atomic mass is 9.98. The fourth-order valence-corrected chi connectivity index (χ4v) is 5.30. The molecular weight excluding hydrogens is 348 g/mol. The number of aromatic nitrogens is 2. The summed E-state index contributed by atoms with van der Waals surface area (Å²) in [6.07, 6.45) is 2.16. The molecule has 1 atom stereocenters. The molecule has 1 saturated heterocycles. The standard InChI is InChI=1S/C19H28N4O2S/c1-15-19(16(2)22(3)21-15)26(24,25)20-12-18-10-7-11-23(14-18)13-17-8-5-4-6-9-17/h4-6,8-9,18,20H,7,10-14H2,1-3H3/t18-/m1/s1. The SMILES string of the molecule is Cc1nn(C)c(C)c1S(=O)(=O)NC[C@H]1CCCN(Cc2ccccc2)C1.